The first kappa shape index (κ1) is 23.1. The number of aliphatic imine (C=N–C) groups is 1. The summed E-state index contributed by atoms with van der Waals surface area (Å²) in [7, 11) is 0. The molecule has 0 saturated carbocycles. The number of hydrogen-bond acceptors (Lipinski definition) is 4. The fraction of sp³-hybridized carbons (Fsp3) is 0.650. The van der Waals surface area contributed by atoms with Crippen molar-refractivity contribution in [2.24, 2.45) is 10.9 Å². The van der Waals surface area contributed by atoms with Crippen LogP contribution >= 0.6 is 35.3 Å². The lowest BCUT2D eigenvalue weighted by Crippen LogP contribution is -2.47. The highest BCUT2D eigenvalue weighted by atomic mass is 127. The topological polar surface area (TPSA) is 67.1 Å². The highest BCUT2D eigenvalue weighted by Crippen LogP contribution is 2.17. The normalized spacial score (nSPS) is 17.8. The van der Waals surface area contributed by atoms with E-state index >= 15 is 0 Å². The molecule has 8 heteroatoms. The first-order valence-corrected chi connectivity index (χ1v) is 10.9. The third-order valence-corrected chi connectivity index (χ3v) is 5.67. The predicted octanol–water partition coefficient (Wildman–Crippen LogP) is 3.83. The molecule has 0 saturated heterocycles. The standard InChI is InChI=1S/C20H32N6S.HI/c1-5-21-20(22-12-15(4)11-17-7-6-10-27-17)23-16-8-9-18-24-19(14(2)3)25-26(18)13-16;/h6-7,10,14-16H,5,8-9,11-13H2,1-4H3,(H2,21,22,23);1H. The molecular formula is C20H33IN6S. The second kappa shape index (κ2) is 11.1. The van der Waals surface area contributed by atoms with Gasteiger partial charge in [-0.05, 0) is 37.1 Å². The van der Waals surface area contributed by atoms with Gasteiger partial charge in [0.15, 0.2) is 11.8 Å². The summed E-state index contributed by atoms with van der Waals surface area (Å²) in [5.74, 6) is 3.88. The van der Waals surface area contributed by atoms with E-state index in [1.54, 1.807) is 0 Å². The Labute approximate surface area is 189 Å². The average molecular weight is 516 g/mol. The van der Waals surface area contributed by atoms with Crippen molar-refractivity contribution < 1.29 is 0 Å². The van der Waals surface area contributed by atoms with Crippen molar-refractivity contribution in [3.63, 3.8) is 0 Å². The number of fused-ring (bicyclic) bond motifs is 1. The molecular weight excluding hydrogens is 483 g/mol. The van der Waals surface area contributed by atoms with Gasteiger partial charge in [0, 0.05) is 36.3 Å². The van der Waals surface area contributed by atoms with E-state index in [1.165, 1.54) is 4.88 Å². The molecule has 0 aromatic carbocycles. The van der Waals surface area contributed by atoms with Gasteiger partial charge < -0.3 is 10.6 Å². The minimum absolute atomic E-state index is 0. The molecule has 6 nitrogen and oxygen atoms in total. The molecule has 0 spiro atoms. The van der Waals surface area contributed by atoms with Crippen molar-refractivity contribution >= 4 is 41.3 Å². The third kappa shape index (κ3) is 6.43. The molecule has 2 N–H and O–H groups in total. The molecule has 0 fully saturated rings. The van der Waals surface area contributed by atoms with Crippen LogP contribution < -0.4 is 10.6 Å². The summed E-state index contributed by atoms with van der Waals surface area (Å²) in [5, 5.41) is 13.8. The van der Waals surface area contributed by atoms with Crippen LogP contribution in [0, 0.1) is 5.92 Å². The van der Waals surface area contributed by atoms with Crippen molar-refractivity contribution in [1.82, 2.24) is 25.4 Å². The lowest BCUT2D eigenvalue weighted by Gasteiger charge is -2.25. The Bertz CT molecular complexity index is 740. The van der Waals surface area contributed by atoms with Crippen molar-refractivity contribution in [1.29, 1.82) is 0 Å². The molecule has 2 atom stereocenters. The largest absolute Gasteiger partial charge is 0.357 e. The number of guanidine groups is 1. The highest BCUT2D eigenvalue weighted by molar-refractivity contribution is 14.0. The fourth-order valence-electron chi connectivity index (χ4n) is 3.29. The van der Waals surface area contributed by atoms with Crippen molar-refractivity contribution in [3.05, 3.63) is 34.0 Å². The van der Waals surface area contributed by atoms with E-state index in [-0.39, 0.29) is 24.0 Å². The van der Waals surface area contributed by atoms with Gasteiger partial charge in [-0.15, -0.1) is 35.3 Å². The molecule has 0 aliphatic carbocycles. The Morgan fingerprint density at radius 2 is 2.21 bits per heavy atom. The Kier molecular flexibility index (Phi) is 9.20. The maximum Gasteiger partial charge on any atom is 0.191 e. The number of thiophene rings is 1. The van der Waals surface area contributed by atoms with E-state index in [0.717, 1.165) is 56.5 Å². The van der Waals surface area contributed by atoms with Crippen LogP contribution in [-0.2, 0) is 19.4 Å². The molecule has 1 aliphatic rings. The number of aryl methyl sites for hydroxylation is 1. The van der Waals surface area contributed by atoms with Gasteiger partial charge in [-0.25, -0.2) is 9.67 Å². The summed E-state index contributed by atoms with van der Waals surface area (Å²) in [6, 6.07) is 4.66. The van der Waals surface area contributed by atoms with E-state index in [1.807, 2.05) is 11.3 Å². The number of rotatable bonds is 7. The maximum absolute atomic E-state index is 4.83. The van der Waals surface area contributed by atoms with Crippen LogP contribution in [-0.4, -0.2) is 39.9 Å². The molecule has 2 aromatic rings. The molecule has 3 heterocycles. The molecule has 156 valence electrons. The Morgan fingerprint density at radius 3 is 2.89 bits per heavy atom. The minimum Gasteiger partial charge on any atom is -0.357 e. The molecule has 1 aliphatic heterocycles. The van der Waals surface area contributed by atoms with Gasteiger partial charge in [0.05, 0.1) is 6.54 Å². The molecule has 3 rings (SSSR count). The Hall–Kier alpha value is -1.16. The summed E-state index contributed by atoms with van der Waals surface area (Å²) < 4.78 is 2.07. The molecule has 0 bridgehead atoms. The van der Waals surface area contributed by atoms with Gasteiger partial charge in [-0.2, -0.15) is 5.10 Å². The lowest BCUT2D eigenvalue weighted by atomic mass is 10.1. The SMILES string of the molecule is CCNC(=NCC(C)Cc1cccs1)NC1CCc2nc(C(C)C)nn2C1.I. The summed E-state index contributed by atoms with van der Waals surface area (Å²) in [5.41, 5.74) is 0. The Morgan fingerprint density at radius 1 is 1.39 bits per heavy atom. The monoisotopic (exact) mass is 516 g/mol. The van der Waals surface area contributed by atoms with E-state index in [4.69, 9.17) is 4.99 Å². The van der Waals surface area contributed by atoms with Gasteiger partial charge in [0.2, 0.25) is 0 Å². The van der Waals surface area contributed by atoms with Crippen LogP contribution in [0.2, 0.25) is 0 Å². The fourth-order valence-corrected chi connectivity index (χ4v) is 4.16. The Balaban J connectivity index is 0.00000280. The highest BCUT2D eigenvalue weighted by Gasteiger charge is 2.23. The molecule has 28 heavy (non-hydrogen) atoms. The van der Waals surface area contributed by atoms with E-state index in [2.05, 4.69) is 70.6 Å². The van der Waals surface area contributed by atoms with Crippen LogP contribution in [0.5, 0.6) is 0 Å². The number of halogens is 1. The summed E-state index contributed by atoms with van der Waals surface area (Å²) in [6.07, 6.45) is 3.11. The van der Waals surface area contributed by atoms with Crippen LogP contribution in [0.15, 0.2) is 22.5 Å². The minimum atomic E-state index is 0. The zero-order valence-electron chi connectivity index (χ0n) is 17.3. The smallest absolute Gasteiger partial charge is 0.191 e. The van der Waals surface area contributed by atoms with E-state index in [9.17, 15) is 0 Å². The van der Waals surface area contributed by atoms with Crippen LogP contribution in [0.25, 0.3) is 0 Å². The maximum atomic E-state index is 4.83. The van der Waals surface area contributed by atoms with E-state index < -0.39 is 0 Å². The van der Waals surface area contributed by atoms with E-state index in [0.29, 0.717) is 17.9 Å². The zero-order chi connectivity index (χ0) is 19.2. The van der Waals surface area contributed by atoms with Gasteiger partial charge in [0.25, 0.3) is 0 Å². The first-order chi connectivity index (χ1) is 13.0. The molecule has 0 radical (unpaired) electrons. The lowest BCUT2D eigenvalue weighted by molar-refractivity contribution is 0.391. The van der Waals surface area contributed by atoms with Gasteiger partial charge in [0.1, 0.15) is 5.82 Å². The van der Waals surface area contributed by atoms with Gasteiger partial charge in [-0.3, -0.25) is 4.99 Å². The second-order valence-electron chi connectivity index (χ2n) is 7.71. The molecule has 2 unspecified atom stereocenters. The zero-order valence-corrected chi connectivity index (χ0v) is 20.5. The van der Waals surface area contributed by atoms with Gasteiger partial charge in [-0.1, -0.05) is 26.8 Å². The molecule has 0 amide bonds. The van der Waals surface area contributed by atoms with Crippen molar-refractivity contribution in [3.8, 4) is 0 Å². The van der Waals surface area contributed by atoms with Crippen LogP contribution in [0.4, 0.5) is 0 Å². The summed E-state index contributed by atoms with van der Waals surface area (Å²) in [4.78, 5) is 10.9. The summed E-state index contributed by atoms with van der Waals surface area (Å²) in [6.45, 7) is 11.2. The number of aromatic nitrogens is 3. The van der Waals surface area contributed by atoms with Crippen LogP contribution in [0.1, 0.15) is 56.6 Å². The van der Waals surface area contributed by atoms with Crippen molar-refractivity contribution in [2.45, 2.75) is 65.5 Å². The van der Waals surface area contributed by atoms with Gasteiger partial charge >= 0.3 is 0 Å². The number of nitrogens with one attached hydrogen (secondary N) is 2. The number of nitrogens with zero attached hydrogens (tertiary/aromatic N) is 4. The van der Waals surface area contributed by atoms with Crippen molar-refractivity contribution in [2.75, 3.05) is 13.1 Å². The quantitative estimate of drug-likeness (QED) is 0.334. The summed E-state index contributed by atoms with van der Waals surface area (Å²) >= 11 is 1.83. The predicted molar refractivity (Wildman–Crippen MR) is 128 cm³/mol. The third-order valence-electron chi connectivity index (χ3n) is 4.77. The first-order valence-electron chi connectivity index (χ1n) is 10.1. The number of hydrogen-bond donors (Lipinski definition) is 2. The molecule has 2 aromatic heterocycles. The average Bonchev–Trinajstić information content (AvgIpc) is 3.29. The second-order valence-corrected chi connectivity index (χ2v) is 8.74. The van der Waals surface area contributed by atoms with Crippen LogP contribution in [0.3, 0.4) is 0 Å².